The third-order valence-electron chi connectivity index (χ3n) is 4.02. The van der Waals surface area contributed by atoms with Gasteiger partial charge in [0.2, 0.25) is 5.96 Å². The normalized spacial score (nSPS) is 12.1. The van der Waals surface area contributed by atoms with E-state index in [1.165, 1.54) is 30.6 Å². The van der Waals surface area contributed by atoms with Crippen LogP contribution in [-0.2, 0) is 0 Å². The topological polar surface area (TPSA) is 121 Å². The average Bonchev–Trinajstić information content (AvgIpc) is 2.80. The van der Waals surface area contributed by atoms with Gasteiger partial charge < -0.3 is 15.9 Å². The second kappa shape index (κ2) is 11.8. The van der Waals surface area contributed by atoms with E-state index in [9.17, 15) is 4.39 Å². The summed E-state index contributed by atoms with van der Waals surface area (Å²) in [6, 6.07) is 14.7. The van der Waals surface area contributed by atoms with Gasteiger partial charge in [-0.3, -0.25) is 5.43 Å². The number of hydrogen-bond donors (Lipinski definition) is 4. The zero-order valence-corrected chi connectivity index (χ0v) is 18.8. The van der Waals surface area contributed by atoms with Crippen LogP contribution in [0.15, 0.2) is 76.0 Å². The minimum absolute atomic E-state index is 0.0139. The molecule has 170 valence electrons. The maximum absolute atomic E-state index is 14.5. The number of guanidine groups is 1. The summed E-state index contributed by atoms with van der Waals surface area (Å²) < 4.78 is 19.6. The minimum atomic E-state index is -0.613. The van der Waals surface area contributed by atoms with Crippen LogP contribution < -0.4 is 26.9 Å². The van der Waals surface area contributed by atoms with Crippen LogP contribution in [0.25, 0.3) is 0 Å². The van der Waals surface area contributed by atoms with Crippen LogP contribution in [0.1, 0.15) is 11.1 Å². The molecule has 3 rings (SSSR count). The van der Waals surface area contributed by atoms with E-state index in [-0.39, 0.29) is 22.4 Å². The van der Waals surface area contributed by atoms with Crippen molar-refractivity contribution >= 4 is 46.9 Å². The zero-order chi connectivity index (χ0) is 23.6. The molecule has 0 spiro atoms. The van der Waals surface area contributed by atoms with Gasteiger partial charge in [0, 0.05) is 0 Å². The van der Waals surface area contributed by atoms with E-state index in [0.29, 0.717) is 16.6 Å². The number of rotatable bonds is 7. The SMILES string of the molecule is COc1ccc(/C=N/N=C(N)/N=C(\NNNc2ccc(Cl)nc2)c2c(F)cccc2Cl)cc1. The number of amidine groups is 1. The van der Waals surface area contributed by atoms with Crippen molar-refractivity contribution in [2.75, 3.05) is 12.5 Å². The Hall–Kier alpha value is -3.73. The highest BCUT2D eigenvalue weighted by molar-refractivity contribution is 6.34. The molecule has 0 aliphatic carbocycles. The number of nitrogens with one attached hydrogen (secondary N) is 3. The maximum Gasteiger partial charge on any atom is 0.242 e. The molecule has 0 saturated heterocycles. The predicted molar refractivity (Wildman–Crippen MR) is 129 cm³/mol. The molecule has 0 unspecified atom stereocenters. The Morgan fingerprint density at radius 2 is 1.91 bits per heavy atom. The number of halogens is 3. The standard InChI is InChI=1S/C21H19Cl2FN8O/c1-33-15-8-5-13(6-9-15)11-27-31-21(25)28-20(19-16(22)3-2-4-17(19)24)30-32-29-14-7-10-18(23)26-12-14/h2-12,29,32H,1H3,(H3,25,28,30,31)/b27-11+. The highest BCUT2D eigenvalue weighted by atomic mass is 35.5. The number of hydrogen-bond acceptors (Lipinski definition) is 6. The van der Waals surface area contributed by atoms with E-state index < -0.39 is 5.82 Å². The van der Waals surface area contributed by atoms with Gasteiger partial charge in [-0.1, -0.05) is 29.3 Å². The number of aliphatic imine (C=N–C) groups is 1. The summed E-state index contributed by atoms with van der Waals surface area (Å²) in [4.78, 5) is 8.05. The molecule has 0 saturated carbocycles. The number of hydrazine groups is 2. The highest BCUT2D eigenvalue weighted by Gasteiger charge is 2.14. The monoisotopic (exact) mass is 488 g/mol. The Bertz CT molecular complexity index is 1150. The molecule has 0 amide bonds. The van der Waals surface area contributed by atoms with E-state index in [0.717, 1.165) is 5.56 Å². The van der Waals surface area contributed by atoms with Gasteiger partial charge in [0.05, 0.1) is 35.8 Å². The summed E-state index contributed by atoms with van der Waals surface area (Å²) in [6.45, 7) is 0. The molecule has 1 aromatic heterocycles. The Morgan fingerprint density at radius 1 is 1.12 bits per heavy atom. The molecule has 12 heteroatoms. The van der Waals surface area contributed by atoms with Crippen molar-refractivity contribution in [3.05, 3.63) is 87.9 Å². The highest BCUT2D eigenvalue weighted by Crippen LogP contribution is 2.19. The van der Waals surface area contributed by atoms with Crippen LogP contribution in [0.4, 0.5) is 10.1 Å². The van der Waals surface area contributed by atoms with E-state index in [2.05, 4.69) is 36.6 Å². The molecular formula is C21H19Cl2FN8O. The molecule has 1 heterocycles. The number of nitrogens with zero attached hydrogens (tertiary/aromatic N) is 4. The van der Waals surface area contributed by atoms with Gasteiger partial charge in [-0.25, -0.2) is 9.37 Å². The molecule has 0 aliphatic heterocycles. The molecule has 5 N–H and O–H groups in total. The third-order valence-corrected chi connectivity index (χ3v) is 4.56. The lowest BCUT2D eigenvalue weighted by Crippen LogP contribution is -2.43. The number of aromatic nitrogens is 1. The van der Waals surface area contributed by atoms with Crippen molar-refractivity contribution in [1.82, 2.24) is 15.9 Å². The van der Waals surface area contributed by atoms with Crippen LogP contribution in [0.5, 0.6) is 5.75 Å². The third kappa shape index (κ3) is 7.14. The number of methoxy groups -OCH3 is 1. The minimum Gasteiger partial charge on any atom is -0.497 e. The van der Waals surface area contributed by atoms with Gasteiger partial charge in [0.1, 0.15) is 16.7 Å². The van der Waals surface area contributed by atoms with Crippen LogP contribution in [0.3, 0.4) is 0 Å². The van der Waals surface area contributed by atoms with Gasteiger partial charge >= 0.3 is 0 Å². The fourth-order valence-electron chi connectivity index (χ4n) is 2.46. The fourth-order valence-corrected chi connectivity index (χ4v) is 2.83. The number of ether oxygens (including phenoxy) is 1. The molecule has 0 radical (unpaired) electrons. The van der Waals surface area contributed by atoms with E-state index in [1.54, 1.807) is 43.5 Å². The first-order valence-corrected chi connectivity index (χ1v) is 10.1. The summed E-state index contributed by atoms with van der Waals surface area (Å²) in [7, 11) is 1.58. The quantitative estimate of drug-likeness (QED) is 0.174. The molecule has 2 aromatic carbocycles. The second-order valence-electron chi connectivity index (χ2n) is 6.28. The van der Waals surface area contributed by atoms with Crippen molar-refractivity contribution in [3.63, 3.8) is 0 Å². The van der Waals surface area contributed by atoms with E-state index in [1.807, 2.05) is 0 Å². The average molecular weight is 489 g/mol. The van der Waals surface area contributed by atoms with Gasteiger partial charge in [0.25, 0.3) is 0 Å². The summed E-state index contributed by atoms with van der Waals surface area (Å²) in [5.41, 5.74) is 15.4. The number of nitrogens with two attached hydrogens (primary N) is 1. The Kier molecular flexibility index (Phi) is 8.53. The zero-order valence-electron chi connectivity index (χ0n) is 17.3. The van der Waals surface area contributed by atoms with Gasteiger partial charge in [0.15, 0.2) is 5.84 Å². The van der Waals surface area contributed by atoms with Gasteiger partial charge in [-0.05, 0) is 54.1 Å². The van der Waals surface area contributed by atoms with Crippen LogP contribution in [0, 0.1) is 5.82 Å². The molecule has 3 aromatic rings. The predicted octanol–water partition coefficient (Wildman–Crippen LogP) is 3.75. The largest absolute Gasteiger partial charge is 0.497 e. The Labute approximate surface area is 199 Å². The lowest BCUT2D eigenvalue weighted by Gasteiger charge is -2.14. The first-order chi connectivity index (χ1) is 16.0. The molecule has 0 fully saturated rings. The molecular weight excluding hydrogens is 470 g/mol. The van der Waals surface area contributed by atoms with Crippen molar-refractivity contribution in [2.24, 2.45) is 20.9 Å². The number of benzene rings is 2. The molecule has 33 heavy (non-hydrogen) atoms. The van der Waals surface area contributed by atoms with Crippen LogP contribution in [0.2, 0.25) is 10.2 Å². The smallest absolute Gasteiger partial charge is 0.242 e. The van der Waals surface area contributed by atoms with Crippen LogP contribution >= 0.6 is 23.2 Å². The first kappa shape index (κ1) is 23.9. The van der Waals surface area contributed by atoms with Crippen molar-refractivity contribution in [2.45, 2.75) is 0 Å². The van der Waals surface area contributed by atoms with E-state index >= 15 is 0 Å². The number of anilines is 1. The second-order valence-corrected chi connectivity index (χ2v) is 7.07. The van der Waals surface area contributed by atoms with Crippen molar-refractivity contribution in [3.8, 4) is 5.75 Å². The molecule has 0 aliphatic rings. The fraction of sp³-hybridized carbons (Fsp3) is 0.0476. The van der Waals surface area contributed by atoms with Crippen molar-refractivity contribution < 1.29 is 9.13 Å². The van der Waals surface area contributed by atoms with Gasteiger partial charge in [-0.2, -0.15) is 10.1 Å². The number of pyridine rings is 1. The molecule has 0 atom stereocenters. The van der Waals surface area contributed by atoms with Crippen molar-refractivity contribution in [1.29, 1.82) is 0 Å². The molecule has 0 bridgehead atoms. The summed E-state index contributed by atoms with van der Waals surface area (Å²) in [6.07, 6.45) is 2.98. The molecule has 9 nitrogen and oxygen atoms in total. The van der Waals surface area contributed by atoms with E-state index in [4.69, 9.17) is 33.7 Å². The first-order valence-electron chi connectivity index (χ1n) is 9.38. The van der Waals surface area contributed by atoms with Gasteiger partial charge in [-0.15, -0.1) is 10.6 Å². The maximum atomic E-state index is 14.5. The lowest BCUT2D eigenvalue weighted by atomic mass is 10.2. The summed E-state index contributed by atoms with van der Waals surface area (Å²) in [5, 5.41) is 8.19. The van der Waals surface area contributed by atoms with Crippen LogP contribution in [-0.4, -0.2) is 30.1 Å². The summed E-state index contributed by atoms with van der Waals surface area (Å²) in [5.74, 6) is -0.170. The Balaban J connectivity index is 1.78. The lowest BCUT2D eigenvalue weighted by molar-refractivity contribution is 0.415. The Morgan fingerprint density at radius 3 is 2.58 bits per heavy atom. The summed E-state index contributed by atoms with van der Waals surface area (Å²) >= 11 is 11.9.